The van der Waals surface area contributed by atoms with Gasteiger partial charge in [0.2, 0.25) is 0 Å². The van der Waals surface area contributed by atoms with Crippen molar-refractivity contribution in [2.75, 3.05) is 0 Å². The van der Waals surface area contributed by atoms with Crippen LogP contribution in [-0.4, -0.2) is 0 Å². The van der Waals surface area contributed by atoms with Gasteiger partial charge in [0.1, 0.15) is 0 Å². The van der Waals surface area contributed by atoms with Gasteiger partial charge in [0.05, 0.1) is 0 Å². The average molecular weight is 357 g/mol. The van der Waals surface area contributed by atoms with Crippen LogP contribution in [0.15, 0.2) is 45.8 Å². The van der Waals surface area contributed by atoms with Crippen LogP contribution in [-0.2, 0) is 12.8 Å². The summed E-state index contributed by atoms with van der Waals surface area (Å²) in [6.07, 6.45) is 2.33. The summed E-state index contributed by atoms with van der Waals surface area (Å²) in [4.78, 5) is 6.04. The molecule has 0 spiro atoms. The van der Waals surface area contributed by atoms with Gasteiger partial charge in [0.25, 0.3) is 0 Å². The third kappa shape index (κ3) is 1.98. The zero-order valence-corrected chi connectivity index (χ0v) is 14.9. The summed E-state index contributed by atoms with van der Waals surface area (Å²) < 4.78 is 0. The highest BCUT2D eigenvalue weighted by Gasteiger charge is 2.20. The molecule has 0 fully saturated rings. The second-order valence-electron chi connectivity index (χ2n) is 5.45. The first-order valence-electron chi connectivity index (χ1n) is 7.16. The van der Waals surface area contributed by atoms with Crippen molar-refractivity contribution >= 4 is 45.3 Å². The summed E-state index contributed by atoms with van der Waals surface area (Å²) in [6.45, 7) is 0. The van der Waals surface area contributed by atoms with Crippen LogP contribution in [0.1, 0.15) is 22.3 Å². The first kappa shape index (κ1) is 13.3. The molecule has 0 bridgehead atoms. The first-order valence-corrected chi connectivity index (χ1v) is 10.7. The largest absolute Gasteiger partial charge is 0.143 e. The van der Waals surface area contributed by atoms with E-state index in [0.29, 0.717) is 0 Å². The Balaban J connectivity index is 0.000000102. The van der Waals surface area contributed by atoms with E-state index in [0.717, 1.165) is 12.8 Å². The highest BCUT2D eigenvalue weighted by atomic mass is 32.1. The number of hydrogen-bond donors (Lipinski definition) is 0. The molecule has 4 aromatic rings. The third-order valence-electron chi connectivity index (χ3n) is 4.16. The highest BCUT2D eigenvalue weighted by Crippen LogP contribution is 2.44. The monoisotopic (exact) mass is 356 g/mol. The molecule has 0 nitrogen and oxygen atoms in total. The van der Waals surface area contributed by atoms with Crippen LogP contribution in [0.5, 0.6) is 0 Å². The van der Waals surface area contributed by atoms with Gasteiger partial charge < -0.3 is 0 Å². The van der Waals surface area contributed by atoms with Crippen LogP contribution in [0.3, 0.4) is 0 Å². The Bertz CT molecular complexity index is 792. The third-order valence-corrected chi connectivity index (χ3v) is 8.32. The maximum absolute atomic E-state index is 2.24. The van der Waals surface area contributed by atoms with Gasteiger partial charge in [-0.05, 0) is 68.0 Å². The van der Waals surface area contributed by atoms with Crippen molar-refractivity contribution < 1.29 is 0 Å². The van der Waals surface area contributed by atoms with Crippen LogP contribution < -0.4 is 0 Å². The summed E-state index contributed by atoms with van der Waals surface area (Å²) in [5.74, 6) is 0. The van der Waals surface area contributed by atoms with E-state index in [2.05, 4.69) is 45.8 Å². The lowest BCUT2D eigenvalue weighted by Gasteiger charge is -1.84. The lowest BCUT2D eigenvalue weighted by Crippen LogP contribution is -1.72. The van der Waals surface area contributed by atoms with Crippen LogP contribution in [0, 0.1) is 0 Å². The summed E-state index contributed by atoms with van der Waals surface area (Å²) in [5.41, 5.74) is 6.10. The summed E-state index contributed by atoms with van der Waals surface area (Å²) in [7, 11) is 0. The van der Waals surface area contributed by atoms with Crippen LogP contribution in [0.2, 0.25) is 0 Å². The molecule has 4 aromatic heterocycles. The molecule has 108 valence electrons. The fourth-order valence-corrected chi connectivity index (χ4v) is 7.28. The number of fused-ring (bicyclic) bond motifs is 6. The normalized spacial score (nSPS) is 13.1. The molecular formula is C18H12S4. The first-order chi connectivity index (χ1) is 10.9. The van der Waals surface area contributed by atoms with E-state index in [1.807, 2.05) is 45.3 Å². The van der Waals surface area contributed by atoms with Gasteiger partial charge in [0, 0.05) is 32.4 Å². The Labute approximate surface area is 145 Å². The molecule has 4 heteroatoms. The molecule has 0 N–H and O–H groups in total. The number of thiophene rings is 4. The topological polar surface area (TPSA) is 0 Å². The minimum absolute atomic E-state index is 1.16. The van der Waals surface area contributed by atoms with Crippen LogP contribution in [0.25, 0.3) is 19.5 Å². The minimum atomic E-state index is 1.16. The molecule has 4 heterocycles. The molecule has 6 rings (SSSR count). The number of hydrogen-bond acceptors (Lipinski definition) is 4. The van der Waals surface area contributed by atoms with E-state index in [1.54, 1.807) is 0 Å². The SMILES string of the molecule is c1cc2c(s1)-c1sccc1C2.c1cc2c(s1)-c1sccc1C2. The zero-order valence-electron chi connectivity index (χ0n) is 11.7. The molecule has 0 atom stereocenters. The van der Waals surface area contributed by atoms with E-state index in [-0.39, 0.29) is 0 Å². The standard InChI is InChI=1S/2C9H6S2/c2*1-3-10-8-6(1)5-7-2-4-11-9(7)8/h2*1-4H,5H2. The summed E-state index contributed by atoms with van der Waals surface area (Å²) >= 11 is 7.48. The summed E-state index contributed by atoms with van der Waals surface area (Å²) in [5, 5.41) is 8.75. The smallest absolute Gasteiger partial charge is 0.0480 e. The molecule has 0 aliphatic heterocycles. The van der Waals surface area contributed by atoms with Gasteiger partial charge in [-0.2, -0.15) is 0 Å². The Kier molecular flexibility index (Phi) is 3.11. The van der Waals surface area contributed by atoms with Gasteiger partial charge >= 0.3 is 0 Å². The van der Waals surface area contributed by atoms with Crippen molar-refractivity contribution in [2.24, 2.45) is 0 Å². The predicted molar refractivity (Wildman–Crippen MR) is 101 cm³/mol. The minimum Gasteiger partial charge on any atom is -0.143 e. The fraction of sp³-hybridized carbons (Fsp3) is 0.111. The molecule has 0 saturated heterocycles. The average Bonchev–Trinajstić information content (AvgIpc) is 3.27. The Morgan fingerprint density at radius 1 is 0.455 bits per heavy atom. The Hall–Kier alpha value is -1.20. The lowest BCUT2D eigenvalue weighted by atomic mass is 10.2. The van der Waals surface area contributed by atoms with Gasteiger partial charge in [0.15, 0.2) is 0 Å². The van der Waals surface area contributed by atoms with Gasteiger partial charge in [-0.15, -0.1) is 45.3 Å². The zero-order chi connectivity index (χ0) is 14.5. The van der Waals surface area contributed by atoms with E-state index in [1.165, 1.54) is 41.8 Å². The molecule has 0 aromatic carbocycles. The van der Waals surface area contributed by atoms with E-state index in [4.69, 9.17) is 0 Å². The molecule has 22 heavy (non-hydrogen) atoms. The molecule has 0 radical (unpaired) electrons. The number of rotatable bonds is 0. The van der Waals surface area contributed by atoms with Crippen molar-refractivity contribution in [3.8, 4) is 19.5 Å². The van der Waals surface area contributed by atoms with E-state index in [9.17, 15) is 0 Å². The quantitative estimate of drug-likeness (QED) is 0.282. The van der Waals surface area contributed by atoms with E-state index >= 15 is 0 Å². The van der Waals surface area contributed by atoms with E-state index < -0.39 is 0 Å². The van der Waals surface area contributed by atoms with Gasteiger partial charge in [-0.1, -0.05) is 0 Å². The van der Waals surface area contributed by atoms with Crippen molar-refractivity contribution in [3.05, 3.63) is 68.0 Å². The van der Waals surface area contributed by atoms with Crippen molar-refractivity contribution in [2.45, 2.75) is 12.8 Å². The summed E-state index contributed by atoms with van der Waals surface area (Å²) in [6, 6.07) is 8.97. The Morgan fingerprint density at radius 3 is 1.00 bits per heavy atom. The van der Waals surface area contributed by atoms with Crippen LogP contribution >= 0.6 is 45.3 Å². The van der Waals surface area contributed by atoms with Crippen LogP contribution in [0.4, 0.5) is 0 Å². The maximum Gasteiger partial charge on any atom is 0.0480 e. The second kappa shape index (κ2) is 5.17. The molecule has 0 unspecified atom stereocenters. The van der Waals surface area contributed by atoms with Crippen molar-refractivity contribution in [1.82, 2.24) is 0 Å². The van der Waals surface area contributed by atoms with Crippen molar-refractivity contribution in [3.63, 3.8) is 0 Å². The molecule has 2 aliphatic carbocycles. The molecule has 0 saturated carbocycles. The second-order valence-corrected chi connectivity index (χ2v) is 9.12. The van der Waals surface area contributed by atoms with Gasteiger partial charge in [-0.3, -0.25) is 0 Å². The predicted octanol–water partition coefficient (Wildman–Crippen LogP) is 6.76. The van der Waals surface area contributed by atoms with Crippen molar-refractivity contribution in [1.29, 1.82) is 0 Å². The van der Waals surface area contributed by atoms with Gasteiger partial charge in [-0.25, -0.2) is 0 Å². The highest BCUT2D eigenvalue weighted by molar-refractivity contribution is 7.21. The molecule has 2 aliphatic rings. The maximum atomic E-state index is 2.24. The fourth-order valence-electron chi connectivity index (χ4n) is 3.11. The molecule has 0 amide bonds. The lowest BCUT2D eigenvalue weighted by molar-refractivity contribution is 1.28. The molecular weight excluding hydrogens is 344 g/mol. The Morgan fingerprint density at radius 2 is 0.727 bits per heavy atom.